The van der Waals surface area contributed by atoms with Crippen LogP contribution in [-0.2, 0) is 16.4 Å². The molecule has 0 spiro atoms. The van der Waals surface area contributed by atoms with Crippen LogP contribution in [0.4, 0.5) is 8.78 Å². The predicted molar refractivity (Wildman–Crippen MR) is 132 cm³/mol. The lowest BCUT2D eigenvalue weighted by Crippen LogP contribution is -2.46. The minimum Gasteiger partial charge on any atom is -0.501 e. The highest BCUT2D eigenvalue weighted by Crippen LogP contribution is 2.35. The number of aromatic hydroxyl groups is 1. The second-order valence-corrected chi connectivity index (χ2v) is 11.3. The number of rotatable bonds is 6. The molecule has 11 nitrogen and oxygen atoms in total. The van der Waals surface area contributed by atoms with E-state index in [0.717, 1.165) is 18.2 Å². The Morgan fingerprint density at radius 3 is 2.44 bits per heavy atom. The molecule has 1 saturated heterocycles. The van der Waals surface area contributed by atoms with Crippen molar-refractivity contribution in [1.82, 2.24) is 24.3 Å². The number of hydrogen-bond donors (Lipinski definition) is 1. The molecule has 0 bridgehead atoms. The zero-order valence-electron chi connectivity index (χ0n) is 20.5. The molecule has 1 N–H and O–H groups in total. The van der Waals surface area contributed by atoms with Gasteiger partial charge in [-0.2, -0.15) is 4.98 Å². The number of pyridine rings is 1. The number of sulfone groups is 1. The molecule has 204 valence electrons. The Morgan fingerprint density at radius 2 is 1.74 bits per heavy atom. The van der Waals surface area contributed by atoms with Gasteiger partial charge in [0.15, 0.2) is 15.5 Å². The normalized spacial score (nSPS) is 17.4. The molecule has 39 heavy (non-hydrogen) atoms. The monoisotopic (exact) mass is 559 g/mol. The summed E-state index contributed by atoms with van der Waals surface area (Å²) in [6.45, 7) is 0.0160. The molecule has 2 aliphatic rings. The van der Waals surface area contributed by atoms with E-state index in [1.54, 1.807) is 0 Å². The summed E-state index contributed by atoms with van der Waals surface area (Å²) in [6.07, 6.45) is 3.43. The molecule has 5 rings (SSSR count). The van der Waals surface area contributed by atoms with E-state index < -0.39 is 62.0 Å². The topological polar surface area (TPSA) is 143 Å². The van der Waals surface area contributed by atoms with Crippen molar-refractivity contribution in [3.05, 3.63) is 81.8 Å². The molecule has 2 amide bonds. The summed E-state index contributed by atoms with van der Waals surface area (Å²) in [7, 11) is -3.73. The molecule has 2 aromatic heterocycles. The summed E-state index contributed by atoms with van der Waals surface area (Å²) < 4.78 is 55.4. The SMILES string of the molecule is O=C1c2c(O)c(=O)nc([C@@H]3CCCN3C(=O)c3c(F)cccc3F)n2CCN1CCS(=O)(=O)c1ccncc1. The van der Waals surface area contributed by atoms with Gasteiger partial charge in [0.2, 0.25) is 5.75 Å². The first-order chi connectivity index (χ1) is 18.6. The number of carbonyl (C=O) groups excluding carboxylic acids is 2. The van der Waals surface area contributed by atoms with Gasteiger partial charge in [0, 0.05) is 38.6 Å². The number of aromatic nitrogens is 3. The smallest absolute Gasteiger partial charge is 0.315 e. The standard InChI is InChI=1S/C25H23F2N5O6S/c26-16-3-1-4-17(27)19(16)24(35)31-10-2-5-18(31)22-29-23(34)21(33)20-25(36)30(11-12-32(20)22)13-14-39(37,38)15-6-8-28-9-7-15/h1,3-4,6-9,18,33H,2,5,10-14H2/t18-/m0/s1. The fourth-order valence-corrected chi connectivity index (χ4v) is 6.19. The van der Waals surface area contributed by atoms with Crippen LogP contribution in [0.1, 0.15) is 45.6 Å². The van der Waals surface area contributed by atoms with Gasteiger partial charge in [0.1, 0.15) is 23.0 Å². The van der Waals surface area contributed by atoms with Crippen molar-refractivity contribution in [1.29, 1.82) is 0 Å². The lowest BCUT2D eigenvalue weighted by atomic mass is 10.1. The van der Waals surface area contributed by atoms with Crippen LogP contribution < -0.4 is 5.56 Å². The molecule has 1 fully saturated rings. The Bertz CT molecular complexity index is 1610. The van der Waals surface area contributed by atoms with Crippen LogP contribution in [0, 0.1) is 11.6 Å². The largest absolute Gasteiger partial charge is 0.501 e. The Morgan fingerprint density at radius 1 is 1.05 bits per heavy atom. The van der Waals surface area contributed by atoms with Crippen LogP contribution in [0.5, 0.6) is 5.75 Å². The number of likely N-dealkylation sites (tertiary alicyclic amines) is 1. The van der Waals surface area contributed by atoms with E-state index in [-0.39, 0.29) is 42.6 Å². The quantitative estimate of drug-likeness (QED) is 0.479. The van der Waals surface area contributed by atoms with Gasteiger partial charge in [-0.05, 0) is 37.1 Å². The molecule has 14 heteroatoms. The lowest BCUT2D eigenvalue weighted by molar-refractivity contribution is 0.0686. The van der Waals surface area contributed by atoms with E-state index >= 15 is 0 Å². The molecule has 0 radical (unpaired) electrons. The molecule has 2 aliphatic heterocycles. The summed E-state index contributed by atoms with van der Waals surface area (Å²) in [6, 6.07) is 4.88. The van der Waals surface area contributed by atoms with Gasteiger partial charge in [0.05, 0.1) is 16.7 Å². The van der Waals surface area contributed by atoms with Gasteiger partial charge < -0.3 is 19.5 Å². The third-order valence-corrected chi connectivity index (χ3v) is 8.61. The fourth-order valence-electron chi connectivity index (χ4n) is 4.96. The van der Waals surface area contributed by atoms with Crippen molar-refractivity contribution < 1.29 is 31.9 Å². The molecule has 1 aromatic carbocycles. The Kier molecular flexibility index (Phi) is 6.89. The number of carbonyl (C=O) groups is 2. The highest BCUT2D eigenvalue weighted by molar-refractivity contribution is 7.91. The summed E-state index contributed by atoms with van der Waals surface area (Å²) in [5.74, 6) is -5.05. The van der Waals surface area contributed by atoms with Crippen molar-refractivity contribution >= 4 is 21.7 Å². The highest BCUT2D eigenvalue weighted by Gasteiger charge is 2.39. The van der Waals surface area contributed by atoms with E-state index in [4.69, 9.17) is 0 Å². The summed E-state index contributed by atoms with van der Waals surface area (Å²) in [5.41, 5.74) is -2.22. The van der Waals surface area contributed by atoms with Crippen molar-refractivity contribution in [2.75, 3.05) is 25.4 Å². The van der Waals surface area contributed by atoms with Crippen LogP contribution in [0.25, 0.3) is 0 Å². The minimum absolute atomic E-state index is 0.00723. The van der Waals surface area contributed by atoms with E-state index in [9.17, 15) is 36.7 Å². The minimum atomic E-state index is -3.73. The van der Waals surface area contributed by atoms with E-state index in [1.165, 1.54) is 38.9 Å². The number of benzene rings is 1. The molecule has 0 aliphatic carbocycles. The summed E-state index contributed by atoms with van der Waals surface area (Å²) >= 11 is 0. The van der Waals surface area contributed by atoms with Crippen molar-refractivity contribution in [2.45, 2.75) is 30.3 Å². The number of fused-ring (bicyclic) bond motifs is 1. The average molecular weight is 560 g/mol. The average Bonchev–Trinajstić information content (AvgIpc) is 3.40. The molecular formula is C25H23F2N5O6S. The maximum Gasteiger partial charge on any atom is 0.315 e. The van der Waals surface area contributed by atoms with E-state index in [0.29, 0.717) is 12.8 Å². The maximum absolute atomic E-state index is 14.3. The van der Waals surface area contributed by atoms with Gasteiger partial charge >= 0.3 is 5.56 Å². The second-order valence-electron chi connectivity index (χ2n) is 9.17. The molecule has 4 heterocycles. The first-order valence-electron chi connectivity index (χ1n) is 12.1. The molecular weight excluding hydrogens is 536 g/mol. The summed E-state index contributed by atoms with van der Waals surface area (Å²) in [5, 5.41) is 10.5. The van der Waals surface area contributed by atoms with Crippen molar-refractivity contribution in [2.24, 2.45) is 0 Å². The Hall–Kier alpha value is -4.20. The third-order valence-electron chi connectivity index (χ3n) is 6.90. The third kappa shape index (κ3) is 4.75. The van der Waals surface area contributed by atoms with Crippen LogP contribution in [0.15, 0.2) is 52.4 Å². The van der Waals surface area contributed by atoms with Gasteiger partial charge in [-0.15, -0.1) is 0 Å². The molecule has 0 unspecified atom stereocenters. The van der Waals surface area contributed by atoms with E-state index in [1.807, 2.05) is 0 Å². The van der Waals surface area contributed by atoms with E-state index in [2.05, 4.69) is 9.97 Å². The maximum atomic E-state index is 14.3. The van der Waals surface area contributed by atoms with Crippen LogP contribution in [0.3, 0.4) is 0 Å². The number of amides is 2. The number of nitrogens with zero attached hydrogens (tertiary/aromatic N) is 5. The van der Waals surface area contributed by atoms with Crippen LogP contribution in [-0.4, -0.2) is 75.1 Å². The van der Waals surface area contributed by atoms with Gasteiger partial charge in [0.25, 0.3) is 11.8 Å². The van der Waals surface area contributed by atoms with Crippen LogP contribution in [0.2, 0.25) is 0 Å². The first kappa shape index (κ1) is 26.4. The molecule has 1 atom stereocenters. The Labute approximate surface area is 221 Å². The van der Waals surface area contributed by atoms with Gasteiger partial charge in [-0.25, -0.2) is 17.2 Å². The first-order valence-corrected chi connectivity index (χ1v) is 13.8. The number of hydrogen-bond acceptors (Lipinski definition) is 8. The van der Waals surface area contributed by atoms with Crippen molar-refractivity contribution in [3.63, 3.8) is 0 Å². The molecule has 0 saturated carbocycles. The zero-order chi connectivity index (χ0) is 27.9. The fraction of sp³-hybridized carbons (Fsp3) is 0.320. The van der Waals surface area contributed by atoms with Gasteiger partial charge in [-0.1, -0.05) is 6.07 Å². The molecule has 3 aromatic rings. The van der Waals surface area contributed by atoms with Gasteiger partial charge in [-0.3, -0.25) is 19.4 Å². The second kappa shape index (κ2) is 10.2. The van der Waals surface area contributed by atoms with Crippen molar-refractivity contribution in [3.8, 4) is 5.75 Å². The zero-order valence-corrected chi connectivity index (χ0v) is 21.3. The lowest BCUT2D eigenvalue weighted by Gasteiger charge is -2.33. The van der Waals surface area contributed by atoms with Crippen LogP contribution >= 0.6 is 0 Å². The summed E-state index contributed by atoms with van der Waals surface area (Å²) in [4.78, 5) is 49.3. The predicted octanol–water partition coefficient (Wildman–Crippen LogP) is 1.53. The number of halogens is 2. The highest BCUT2D eigenvalue weighted by atomic mass is 32.2. The Balaban J connectivity index is 1.45.